The van der Waals surface area contributed by atoms with E-state index in [0.717, 1.165) is 22.9 Å². The number of carbonyl (C=O) groups excluding carboxylic acids is 1. The minimum atomic E-state index is -3.88. The number of para-hydroxylation sites is 1. The molecule has 31 heavy (non-hydrogen) atoms. The summed E-state index contributed by atoms with van der Waals surface area (Å²) < 4.78 is 41.0. The molecule has 0 fully saturated rings. The number of amides is 1. The fourth-order valence-electron chi connectivity index (χ4n) is 3.34. The van der Waals surface area contributed by atoms with E-state index in [1.54, 1.807) is 12.1 Å². The summed E-state index contributed by atoms with van der Waals surface area (Å²) in [6.45, 7) is 7.60. The number of anilines is 2. The minimum Gasteiger partial charge on any atom is -0.321 e. The molecule has 5 nitrogen and oxygen atoms in total. The number of rotatable bonds is 6. The van der Waals surface area contributed by atoms with Crippen LogP contribution in [-0.4, -0.2) is 14.3 Å². The van der Waals surface area contributed by atoms with Crippen LogP contribution in [0.4, 0.5) is 15.8 Å². The van der Waals surface area contributed by atoms with Crippen molar-refractivity contribution in [2.45, 2.75) is 38.5 Å². The van der Waals surface area contributed by atoms with Gasteiger partial charge in [0.05, 0.1) is 4.90 Å². The number of halogens is 1. The molecular weight excluding hydrogens is 415 g/mol. The highest BCUT2D eigenvalue weighted by molar-refractivity contribution is 7.92. The first-order valence-corrected chi connectivity index (χ1v) is 11.4. The van der Waals surface area contributed by atoms with Crippen molar-refractivity contribution in [2.24, 2.45) is 0 Å². The molecule has 0 saturated carbocycles. The van der Waals surface area contributed by atoms with E-state index >= 15 is 0 Å². The van der Waals surface area contributed by atoms with Gasteiger partial charge in [-0.2, -0.15) is 0 Å². The van der Waals surface area contributed by atoms with Gasteiger partial charge in [0.15, 0.2) is 0 Å². The molecule has 0 unspecified atom stereocenters. The standard InChI is InChI=1S/C24H25FN2O3S/c1-15(2)21-7-5-6-16(3)23(21)26-24(28)18-8-11-20(12-9-18)27-31(29,30)22-13-10-19(25)14-17(22)4/h5-15,27H,1-4H3,(H,26,28). The van der Waals surface area contributed by atoms with Crippen LogP contribution in [0.25, 0.3) is 0 Å². The second kappa shape index (κ2) is 8.89. The molecule has 0 radical (unpaired) electrons. The van der Waals surface area contributed by atoms with Crippen molar-refractivity contribution >= 4 is 27.3 Å². The molecule has 0 spiro atoms. The van der Waals surface area contributed by atoms with Gasteiger partial charge in [-0.25, -0.2) is 12.8 Å². The van der Waals surface area contributed by atoms with Gasteiger partial charge in [-0.3, -0.25) is 9.52 Å². The van der Waals surface area contributed by atoms with Gasteiger partial charge >= 0.3 is 0 Å². The molecule has 0 aliphatic rings. The molecule has 0 aliphatic carbocycles. The Bertz CT molecular complexity index is 1220. The Balaban J connectivity index is 1.78. The van der Waals surface area contributed by atoms with Crippen LogP contribution in [0.5, 0.6) is 0 Å². The van der Waals surface area contributed by atoms with Crippen molar-refractivity contribution in [3.63, 3.8) is 0 Å². The molecule has 0 saturated heterocycles. The van der Waals surface area contributed by atoms with E-state index in [2.05, 4.69) is 23.9 Å². The molecule has 2 N–H and O–H groups in total. The summed E-state index contributed by atoms with van der Waals surface area (Å²) in [6, 6.07) is 15.5. The maximum Gasteiger partial charge on any atom is 0.262 e. The topological polar surface area (TPSA) is 75.3 Å². The maximum atomic E-state index is 13.3. The Hall–Kier alpha value is -3.19. The van der Waals surface area contributed by atoms with Gasteiger partial charge < -0.3 is 5.32 Å². The second-order valence-electron chi connectivity index (χ2n) is 7.74. The summed E-state index contributed by atoms with van der Waals surface area (Å²) in [5.41, 5.74) is 3.82. The average Bonchev–Trinajstić information content (AvgIpc) is 2.69. The third-order valence-corrected chi connectivity index (χ3v) is 6.53. The summed E-state index contributed by atoms with van der Waals surface area (Å²) >= 11 is 0. The van der Waals surface area contributed by atoms with E-state index in [0.29, 0.717) is 16.8 Å². The van der Waals surface area contributed by atoms with Gasteiger partial charge in [-0.15, -0.1) is 0 Å². The van der Waals surface area contributed by atoms with Crippen molar-refractivity contribution in [1.82, 2.24) is 0 Å². The predicted octanol–water partition coefficient (Wildman–Crippen LogP) is 5.62. The monoisotopic (exact) mass is 440 g/mol. The number of hydrogen-bond acceptors (Lipinski definition) is 3. The van der Waals surface area contributed by atoms with Crippen molar-refractivity contribution in [1.29, 1.82) is 0 Å². The molecule has 0 aliphatic heterocycles. The molecule has 1 amide bonds. The fourth-order valence-corrected chi connectivity index (χ4v) is 4.63. The lowest BCUT2D eigenvalue weighted by molar-refractivity contribution is 0.102. The van der Waals surface area contributed by atoms with Crippen LogP contribution < -0.4 is 10.0 Å². The van der Waals surface area contributed by atoms with Crippen LogP contribution >= 0.6 is 0 Å². The zero-order valence-electron chi connectivity index (χ0n) is 17.9. The largest absolute Gasteiger partial charge is 0.321 e. The molecule has 7 heteroatoms. The first kappa shape index (κ1) is 22.5. The first-order chi connectivity index (χ1) is 14.6. The quantitative estimate of drug-likeness (QED) is 0.522. The maximum absolute atomic E-state index is 13.3. The normalized spacial score (nSPS) is 11.4. The van der Waals surface area contributed by atoms with Crippen LogP contribution in [0.2, 0.25) is 0 Å². The van der Waals surface area contributed by atoms with Crippen molar-refractivity contribution in [3.05, 3.63) is 88.7 Å². The van der Waals surface area contributed by atoms with E-state index in [-0.39, 0.29) is 16.7 Å². The predicted molar refractivity (Wildman–Crippen MR) is 122 cm³/mol. The zero-order chi connectivity index (χ0) is 22.8. The van der Waals surface area contributed by atoms with Gasteiger partial charge in [0.1, 0.15) is 5.82 Å². The molecule has 0 atom stereocenters. The summed E-state index contributed by atoms with van der Waals surface area (Å²) in [5, 5.41) is 2.97. The van der Waals surface area contributed by atoms with E-state index in [1.165, 1.54) is 31.2 Å². The van der Waals surface area contributed by atoms with Gasteiger partial charge in [-0.05, 0) is 78.9 Å². The van der Waals surface area contributed by atoms with Gasteiger partial charge in [0, 0.05) is 16.9 Å². The van der Waals surface area contributed by atoms with Crippen molar-refractivity contribution < 1.29 is 17.6 Å². The number of nitrogens with one attached hydrogen (secondary N) is 2. The zero-order valence-corrected chi connectivity index (χ0v) is 18.7. The number of hydrogen-bond donors (Lipinski definition) is 2. The summed E-state index contributed by atoms with van der Waals surface area (Å²) in [7, 11) is -3.88. The van der Waals surface area contributed by atoms with Gasteiger partial charge in [0.25, 0.3) is 15.9 Å². The Kier molecular flexibility index (Phi) is 6.45. The molecule has 3 aromatic carbocycles. The molecule has 0 heterocycles. The number of aryl methyl sites for hydroxylation is 2. The molecule has 3 rings (SSSR count). The lowest BCUT2D eigenvalue weighted by Crippen LogP contribution is -2.16. The summed E-state index contributed by atoms with van der Waals surface area (Å²) in [6.07, 6.45) is 0. The van der Waals surface area contributed by atoms with E-state index in [1.807, 2.05) is 25.1 Å². The van der Waals surface area contributed by atoms with E-state index in [4.69, 9.17) is 0 Å². The summed E-state index contributed by atoms with van der Waals surface area (Å²) in [5.74, 6) is -0.525. The van der Waals surface area contributed by atoms with Gasteiger partial charge in [0.2, 0.25) is 0 Å². The highest BCUT2D eigenvalue weighted by atomic mass is 32.2. The summed E-state index contributed by atoms with van der Waals surface area (Å²) in [4.78, 5) is 12.7. The Labute approximate surface area is 182 Å². The number of sulfonamides is 1. The van der Waals surface area contributed by atoms with Crippen LogP contribution in [-0.2, 0) is 10.0 Å². The van der Waals surface area contributed by atoms with Crippen molar-refractivity contribution in [2.75, 3.05) is 10.0 Å². The van der Waals surface area contributed by atoms with Crippen LogP contribution in [0, 0.1) is 19.7 Å². The van der Waals surface area contributed by atoms with Crippen LogP contribution in [0.15, 0.2) is 65.6 Å². The Morgan fingerprint density at radius 1 is 0.935 bits per heavy atom. The fraction of sp³-hybridized carbons (Fsp3) is 0.208. The minimum absolute atomic E-state index is 0.00325. The second-order valence-corrected chi connectivity index (χ2v) is 9.39. The van der Waals surface area contributed by atoms with E-state index in [9.17, 15) is 17.6 Å². The Morgan fingerprint density at radius 3 is 2.23 bits per heavy atom. The third kappa shape index (κ3) is 5.11. The van der Waals surface area contributed by atoms with Crippen LogP contribution in [0.3, 0.4) is 0 Å². The SMILES string of the molecule is Cc1cc(F)ccc1S(=O)(=O)Nc1ccc(C(=O)Nc2c(C)cccc2C(C)C)cc1. The first-order valence-electron chi connectivity index (χ1n) is 9.88. The molecule has 0 aromatic heterocycles. The lowest BCUT2D eigenvalue weighted by atomic mass is 9.98. The molecule has 3 aromatic rings. The van der Waals surface area contributed by atoms with E-state index < -0.39 is 15.8 Å². The smallest absolute Gasteiger partial charge is 0.262 e. The number of carbonyl (C=O) groups is 1. The van der Waals surface area contributed by atoms with Crippen molar-refractivity contribution in [3.8, 4) is 0 Å². The lowest BCUT2D eigenvalue weighted by Gasteiger charge is -2.16. The van der Waals surface area contributed by atoms with Crippen LogP contribution in [0.1, 0.15) is 46.8 Å². The average molecular weight is 441 g/mol. The third-order valence-electron chi connectivity index (χ3n) is 4.99. The molecular formula is C24H25FN2O3S. The molecule has 162 valence electrons. The molecule has 0 bridgehead atoms. The Morgan fingerprint density at radius 2 is 1.61 bits per heavy atom. The highest BCUT2D eigenvalue weighted by Crippen LogP contribution is 2.28. The highest BCUT2D eigenvalue weighted by Gasteiger charge is 2.18. The number of benzene rings is 3. The van der Waals surface area contributed by atoms with Gasteiger partial charge in [-0.1, -0.05) is 32.0 Å².